The van der Waals surface area contributed by atoms with E-state index in [1.807, 2.05) is 25.1 Å². The standard InChI is InChI=1S/C18H15Cl2N5O2S/c1-10-6-15(26)21-13-4-2-3-5-14(13)25(10)16(27)9-28-18-23-22-17-12(20)7-11(19)8-24(17)18/h2-5,7-8,10H,6,9H2,1H3,(H,21,26). The van der Waals surface area contributed by atoms with Gasteiger partial charge in [-0.2, -0.15) is 0 Å². The van der Waals surface area contributed by atoms with Crippen molar-refractivity contribution in [2.75, 3.05) is 16.0 Å². The molecule has 2 aromatic heterocycles. The van der Waals surface area contributed by atoms with Gasteiger partial charge >= 0.3 is 0 Å². The molecule has 1 N–H and O–H groups in total. The van der Waals surface area contributed by atoms with E-state index >= 15 is 0 Å². The molecular weight excluding hydrogens is 421 g/mol. The Bertz CT molecular complexity index is 1090. The van der Waals surface area contributed by atoms with Crippen LogP contribution in [-0.2, 0) is 9.59 Å². The molecule has 0 fully saturated rings. The molecule has 0 radical (unpaired) electrons. The Labute approximate surface area is 175 Å². The van der Waals surface area contributed by atoms with Gasteiger partial charge in [-0.15, -0.1) is 10.2 Å². The number of rotatable bonds is 3. The predicted molar refractivity (Wildman–Crippen MR) is 110 cm³/mol. The number of amides is 2. The summed E-state index contributed by atoms with van der Waals surface area (Å²) in [5, 5.41) is 12.3. The minimum absolute atomic E-state index is 0.115. The Morgan fingerprint density at radius 2 is 2.11 bits per heavy atom. The predicted octanol–water partition coefficient (Wildman–Crippen LogP) is 3.89. The molecular formula is C18H15Cl2N5O2S. The molecule has 1 aromatic carbocycles. The van der Waals surface area contributed by atoms with Gasteiger partial charge in [0, 0.05) is 18.7 Å². The molecule has 0 saturated heterocycles. The lowest BCUT2D eigenvalue weighted by Gasteiger charge is -2.27. The van der Waals surface area contributed by atoms with E-state index in [-0.39, 0.29) is 30.0 Å². The Morgan fingerprint density at radius 3 is 2.93 bits per heavy atom. The second-order valence-corrected chi connectivity index (χ2v) is 8.14. The number of pyridine rings is 1. The topological polar surface area (TPSA) is 79.6 Å². The number of aromatic nitrogens is 3. The summed E-state index contributed by atoms with van der Waals surface area (Å²) in [6, 6.07) is 8.60. The largest absolute Gasteiger partial charge is 0.324 e. The number of anilines is 2. The van der Waals surface area contributed by atoms with E-state index in [2.05, 4.69) is 15.5 Å². The lowest BCUT2D eigenvalue weighted by molar-refractivity contribution is -0.117. The third-order valence-electron chi connectivity index (χ3n) is 4.35. The highest BCUT2D eigenvalue weighted by atomic mass is 35.5. The molecule has 0 saturated carbocycles. The number of para-hydroxylation sites is 2. The van der Waals surface area contributed by atoms with E-state index in [4.69, 9.17) is 23.2 Å². The van der Waals surface area contributed by atoms with Gasteiger partial charge in [0.25, 0.3) is 0 Å². The van der Waals surface area contributed by atoms with Crippen molar-refractivity contribution in [3.8, 4) is 0 Å². The molecule has 28 heavy (non-hydrogen) atoms. The first-order valence-corrected chi connectivity index (χ1v) is 10.2. The Hall–Kier alpha value is -2.29. The van der Waals surface area contributed by atoms with Gasteiger partial charge in [0.15, 0.2) is 10.8 Å². The number of carbonyl (C=O) groups excluding carboxylic acids is 2. The first-order valence-electron chi connectivity index (χ1n) is 8.47. The number of fused-ring (bicyclic) bond motifs is 2. The number of halogens is 2. The molecule has 1 aliphatic heterocycles. The van der Waals surface area contributed by atoms with Crippen molar-refractivity contribution in [1.29, 1.82) is 0 Å². The summed E-state index contributed by atoms with van der Waals surface area (Å²) in [5.74, 6) is -0.125. The lowest BCUT2D eigenvalue weighted by atomic mass is 10.2. The molecule has 7 nitrogen and oxygen atoms in total. The molecule has 144 valence electrons. The van der Waals surface area contributed by atoms with Gasteiger partial charge in [-0.1, -0.05) is 47.1 Å². The zero-order valence-corrected chi connectivity index (χ0v) is 17.1. The molecule has 3 aromatic rings. The first kappa shape index (κ1) is 19.0. The fourth-order valence-corrected chi connectivity index (χ4v) is 4.44. The maximum absolute atomic E-state index is 13.1. The molecule has 1 unspecified atom stereocenters. The van der Waals surface area contributed by atoms with Crippen LogP contribution < -0.4 is 10.2 Å². The van der Waals surface area contributed by atoms with E-state index in [1.54, 1.807) is 27.6 Å². The van der Waals surface area contributed by atoms with Crippen molar-refractivity contribution in [2.24, 2.45) is 0 Å². The molecule has 2 amide bonds. The fourth-order valence-electron chi connectivity index (χ4n) is 3.16. The Balaban J connectivity index is 1.59. The summed E-state index contributed by atoms with van der Waals surface area (Å²) in [6.07, 6.45) is 1.88. The van der Waals surface area contributed by atoms with E-state index in [1.165, 1.54) is 11.8 Å². The SMILES string of the molecule is CC1CC(=O)Nc2ccccc2N1C(=O)CSc1nnc2c(Cl)cc(Cl)cn12. The van der Waals surface area contributed by atoms with E-state index in [9.17, 15) is 9.59 Å². The fraction of sp³-hybridized carbons (Fsp3) is 0.222. The highest BCUT2D eigenvalue weighted by Crippen LogP contribution is 2.32. The summed E-state index contributed by atoms with van der Waals surface area (Å²) in [6.45, 7) is 1.86. The number of carbonyl (C=O) groups is 2. The van der Waals surface area contributed by atoms with Crippen molar-refractivity contribution in [2.45, 2.75) is 24.5 Å². The van der Waals surface area contributed by atoms with E-state index < -0.39 is 0 Å². The zero-order valence-electron chi connectivity index (χ0n) is 14.7. The van der Waals surface area contributed by atoms with Crippen LogP contribution in [0.15, 0.2) is 41.7 Å². The van der Waals surface area contributed by atoms with Crippen molar-refractivity contribution in [1.82, 2.24) is 14.6 Å². The molecule has 0 aliphatic carbocycles. The maximum atomic E-state index is 13.1. The lowest BCUT2D eigenvalue weighted by Crippen LogP contribution is -2.40. The van der Waals surface area contributed by atoms with Gasteiger partial charge in [0.05, 0.1) is 27.2 Å². The minimum atomic E-state index is -0.268. The number of hydrogen-bond donors (Lipinski definition) is 1. The highest BCUT2D eigenvalue weighted by molar-refractivity contribution is 7.99. The summed E-state index contributed by atoms with van der Waals surface area (Å²) in [7, 11) is 0. The van der Waals surface area contributed by atoms with E-state index in [0.717, 1.165) is 0 Å². The maximum Gasteiger partial charge on any atom is 0.237 e. The third-order valence-corrected chi connectivity index (χ3v) is 5.76. The van der Waals surface area contributed by atoms with Gasteiger partial charge in [-0.05, 0) is 25.1 Å². The molecule has 1 aliphatic rings. The number of thioether (sulfide) groups is 1. The third kappa shape index (κ3) is 3.55. The second-order valence-electron chi connectivity index (χ2n) is 6.35. The monoisotopic (exact) mass is 435 g/mol. The van der Waals surface area contributed by atoms with Crippen molar-refractivity contribution in [3.63, 3.8) is 0 Å². The summed E-state index contributed by atoms with van der Waals surface area (Å²) in [4.78, 5) is 26.8. The van der Waals surface area contributed by atoms with Crippen molar-refractivity contribution in [3.05, 3.63) is 46.6 Å². The van der Waals surface area contributed by atoms with Crippen LogP contribution in [0.1, 0.15) is 13.3 Å². The van der Waals surface area contributed by atoms with Crippen LogP contribution in [0.5, 0.6) is 0 Å². The van der Waals surface area contributed by atoms with Gasteiger partial charge in [0.1, 0.15) is 0 Å². The summed E-state index contributed by atoms with van der Waals surface area (Å²) >= 11 is 13.4. The van der Waals surface area contributed by atoms with Crippen molar-refractivity contribution < 1.29 is 9.59 Å². The average Bonchev–Trinajstić information content (AvgIpc) is 2.98. The molecule has 3 heterocycles. The van der Waals surface area contributed by atoms with Crippen LogP contribution >= 0.6 is 35.0 Å². The molecule has 1 atom stereocenters. The van der Waals surface area contributed by atoms with Crippen molar-refractivity contribution >= 4 is 63.8 Å². The first-order chi connectivity index (χ1) is 13.4. The Morgan fingerprint density at radius 1 is 1.32 bits per heavy atom. The number of nitrogens with zero attached hydrogens (tertiary/aromatic N) is 4. The summed E-state index contributed by atoms with van der Waals surface area (Å²) in [5.41, 5.74) is 1.79. The highest BCUT2D eigenvalue weighted by Gasteiger charge is 2.29. The van der Waals surface area contributed by atoms with E-state index in [0.29, 0.717) is 32.2 Å². The number of nitrogens with one attached hydrogen (secondary N) is 1. The number of hydrogen-bond acceptors (Lipinski definition) is 5. The van der Waals surface area contributed by atoms with Gasteiger partial charge in [0.2, 0.25) is 11.8 Å². The van der Waals surface area contributed by atoms with Crippen LogP contribution in [0.4, 0.5) is 11.4 Å². The zero-order chi connectivity index (χ0) is 19.8. The molecule has 10 heteroatoms. The smallest absolute Gasteiger partial charge is 0.237 e. The quantitative estimate of drug-likeness (QED) is 0.631. The van der Waals surface area contributed by atoms with Crippen LogP contribution in [0.25, 0.3) is 5.65 Å². The van der Waals surface area contributed by atoms with Gasteiger partial charge in [-0.3, -0.25) is 14.0 Å². The van der Waals surface area contributed by atoms with Crippen LogP contribution in [0.3, 0.4) is 0 Å². The second kappa shape index (κ2) is 7.62. The van der Waals surface area contributed by atoms with Crippen LogP contribution in [-0.4, -0.2) is 38.2 Å². The summed E-state index contributed by atoms with van der Waals surface area (Å²) < 4.78 is 1.66. The van der Waals surface area contributed by atoms with Crippen LogP contribution in [0, 0.1) is 0 Å². The average molecular weight is 436 g/mol. The van der Waals surface area contributed by atoms with Gasteiger partial charge < -0.3 is 10.2 Å². The normalized spacial score (nSPS) is 16.6. The number of benzene rings is 1. The van der Waals surface area contributed by atoms with Gasteiger partial charge in [-0.25, -0.2) is 0 Å². The Kier molecular flexibility index (Phi) is 5.18. The van der Waals surface area contributed by atoms with Crippen LogP contribution in [0.2, 0.25) is 10.0 Å². The molecule has 0 bridgehead atoms. The molecule has 0 spiro atoms. The minimum Gasteiger partial charge on any atom is -0.324 e. The molecule has 4 rings (SSSR count).